The fraction of sp³-hybridized carbons (Fsp3) is 0.632. The third-order valence-corrected chi connectivity index (χ3v) is 5.18. The van der Waals surface area contributed by atoms with Crippen LogP contribution in [0.3, 0.4) is 0 Å². The van der Waals surface area contributed by atoms with E-state index in [4.69, 9.17) is 14.2 Å². The molecule has 2 fully saturated rings. The summed E-state index contributed by atoms with van der Waals surface area (Å²) in [6, 6.07) is 0. The molecule has 0 saturated carbocycles. The number of carbonyl (C=O) groups is 3. The van der Waals surface area contributed by atoms with Crippen LogP contribution in [0.2, 0.25) is 0 Å². The number of fused-ring (bicyclic) bond motifs is 2. The highest BCUT2D eigenvalue weighted by atomic mass is 16.6. The van der Waals surface area contributed by atoms with Gasteiger partial charge in [-0.3, -0.25) is 9.59 Å². The molecule has 7 nitrogen and oxygen atoms in total. The summed E-state index contributed by atoms with van der Waals surface area (Å²) in [5, 5.41) is 10.9. The summed E-state index contributed by atoms with van der Waals surface area (Å²) in [6.07, 6.45) is -1.47. The molecule has 1 aliphatic carbocycles. The largest absolute Gasteiger partial charge is 0.461 e. The van der Waals surface area contributed by atoms with Gasteiger partial charge in [0.1, 0.15) is 24.4 Å². The summed E-state index contributed by atoms with van der Waals surface area (Å²) in [6.45, 7) is 10.3. The molecule has 142 valence electrons. The first-order chi connectivity index (χ1) is 12.0. The minimum Gasteiger partial charge on any atom is -0.461 e. The van der Waals surface area contributed by atoms with Gasteiger partial charge in [-0.25, -0.2) is 4.79 Å². The summed E-state index contributed by atoms with van der Waals surface area (Å²) < 4.78 is 16.4. The highest BCUT2D eigenvalue weighted by Gasteiger charge is 2.58. The number of aliphatic hydroxyl groups is 1. The van der Waals surface area contributed by atoms with Crippen LogP contribution in [0.1, 0.15) is 34.1 Å². The van der Waals surface area contributed by atoms with Gasteiger partial charge in [-0.2, -0.15) is 0 Å². The summed E-state index contributed by atoms with van der Waals surface area (Å²) in [5.74, 6) is -2.33. The molecule has 2 aliphatic heterocycles. The first kappa shape index (κ1) is 18.8. The number of ether oxygens (including phenoxy) is 3. The van der Waals surface area contributed by atoms with Crippen LogP contribution in [0, 0.1) is 11.8 Å². The van der Waals surface area contributed by atoms with Crippen LogP contribution in [0.25, 0.3) is 0 Å². The molecule has 3 rings (SSSR count). The number of esters is 2. The lowest BCUT2D eigenvalue weighted by molar-refractivity contribution is -0.160. The first-order valence-electron chi connectivity index (χ1n) is 8.73. The molecule has 0 aromatic heterocycles. The van der Waals surface area contributed by atoms with Crippen molar-refractivity contribution in [3.63, 3.8) is 0 Å². The molecule has 26 heavy (non-hydrogen) atoms. The standard InChI is InChI=1S/C19H24O7/c1-8(2)17(21)25-12-7-19(5,23)16-15(26-16)14(20)9(3)6-11-13(12)10(4)18(22)24-11/h6,8,11-13,15-16,23H,4,7H2,1-3,5H3/t11-,12-,13+,15+,16-,19-/m1/s1. The molecular weight excluding hydrogens is 340 g/mol. The Hall–Kier alpha value is -1.99. The van der Waals surface area contributed by atoms with Gasteiger partial charge in [0.05, 0.1) is 17.4 Å². The Morgan fingerprint density at radius 3 is 2.69 bits per heavy atom. The van der Waals surface area contributed by atoms with Crippen LogP contribution in [0.15, 0.2) is 23.8 Å². The highest BCUT2D eigenvalue weighted by molar-refractivity contribution is 6.01. The van der Waals surface area contributed by atoms with E-state index in [1.54, 1.807) is 26.8 Å². The number of hydrogen-bond donors (Lipinski definition) is 1. The van der Waals surface area contributed by atoms with Crippen molar-refractivity contribution in [3.05, 3.63) is 23.8 Å². The molecule has 1 N–H and O–H groups in total. The zero-order valence-electron chi connectivity index (χ0n) is 15.4. The SMILES string of the molecule is C=C1C(=O)O[C@@H]2C=C(C)C(=O)[C@@H]3O[C@H]3[C@](C)(O)C[C@@H](OC(=O)C(C)C)[C@@H]12. The van der Waals surface area contributed by atoms with Gasteiger partial charge in [0, 0.05) is 12.0 Å². The Labute approximate surface area is 152 Å². The van der Waals surface area contributed by atoms with Crippen LogP contribution in [-0.4, -0.2) is 52.8 Å². The molecule has 0 bridgehead atoms. The molecule has 0 aromatic carbocycles. The monoisotopic (exact) mass is 364 g/mol. The van der Waals surface area contributed by atoms with E-state index in [1.165, 1.54) is 6.92 Å². The summed E-state index contributed by atoms with van der Waals surface area (Å²) in [4.78, 5) is 36.7. The van der Waals surface area contributed by atoms with Crippen LogP contribution in [-0.2, 0) is 28.6 Å². The number of Topliss-reactive ketones (excluding diaryl/α,β-unsaturated/α-hetero) is 1. The third kappa shape index (κ3) is 3.21. The maximum atomic E-state index is 12.4. The van der Waals surface area contributed by atoms with Crippen molar-refractivity contribution in [3.8, 4) is 0 Å². The van der Waals surface area contributed by atoms with Crippen LogP contribution in [0.4, 0.5) is 0 Å². The lowest BCUT2D eigenvalue weighted by Crippen LogP contribution is -2.44. The molecule has 2 heterocycles. The molecular formula is C19H24O7. The van der Waals surface area contributed by atoms with Crippen molar-refractivity contribution in [2.75, 3.05) is 0 Å². The van der Waals surface area contributed by atoms with Crippen molar-refractivity contribution < 1.29 is 33.7 Å². The Bertz CT molecular complexity index is 703. The first-order valence-corrected chi connectivity index (χ1v) is 8.73. The van der Waals surface area contributed by atoms with Crippen molar-refractivity contribution in [2.45, 2.75) is 64.1 Å². The quantitative estimate of drug-likeness (QED) is 0.444. The van der Waals surface area contributed by atoms with E-state index in [1.807, 2.05) is 0 Å². The van der Waals surface area contributed by atoms with Gasteiger partial charge in [0.25, 0.3) is 0 Å². The Kier molecular flexibility index (Phi) is 4.56. The second kappa shape index (κ2) is 6.32. The van der Waals surface area contributed by atoms with Gasteiger partial charge in [-0.05, 0) is 25.5 Å². The zero-order chi connectivity index (χ0) is 19.4. The van der Waals surface area contributed by atoms with Crippen LogP contribution >= 0.6 is 0 Å². The normalized spacial score (nSPS) is 39.7. The van der Waals surface area contributed by atoms with Gasteiger partial charge in [0.2, 0.25) is 0 Å². The Morgan fingerprint density at radius 2 is 2.08 bits per heavy atom. The predicted molar refractivity (Wildman–Crippen MR) is 89.9 cm³/mol. The van der Waals surface area contributed by atoms with Crippen LogP contribution in [0.5, 0.6) is 0 Å². The second-order valence-corrected chi connectivity index (χ2v) is 7.80. The van der Waals surface area contributed by atoms with E-state index in [9.17, 15) is 19.5 Å². The van der Waals surface area contributed by atoms with Gasteiger partial charge >= 0.3 is 11.9 Å². The molecule has 0 aromatic rings. The molecule has 6 atom stereocenters. The van der Waals surface area contributed by atoms with E-state index in [0.717, 1.165) is 0 Å². The molecule has 2 saturated heterocycles. The lowest BCUT2D eigenvalue weighted by atomic mass is 9.80. The van der Waals surface area contributed by atoms with Gasteiger partial charge < -0.3 is 19.3 Å². The maximum absolute atomic E-state index is 12.4. The van der Waals surface area contributed by atoms with E-state index < -0.39 is 47.9 Å². The van der Waals surface area contributed by atoms with Gasteiger partial charge in [-0.15, -0.1) is 0 Å². The highest BCUT2D eigenvalue weighted by Crippen LogP contribution is 2.43. The topological polar surface area (TPSA) is 102 Å². The lowest BCUT2D eigenvalue weighted by Gasteiger charge is -2.32. The minimum absolute atomic E-state index is 0.00359. The molecule has 7 heteroatoms. The number of rotatable bonds is 2. The smallest absolute Gasteiger partial charge is 0.334 e. The fourth-order valence-corrected chi connectivity index (χ4v) is 3.57. The van der Waals surface area contributed by atoms with E-state index in [2.05, 4.69) is 6.58 Å². The van der Waals surface area contributed by atoms with Gasteiger partial charge in [-0.1, -0.05) is 20.4 Å². The van der Waals surface area contributed by atoms with Crippen molar-refractivity contribution in [1.29, 1.82) is 0 Å². The van der Waals surface area contributed by atoms with Crippen molar-refractivity contribution in [2.24, 2.45) is 11.8 Å². The number of carbonyl (C=O) groups excluding carboxylic acids is 3. The molecule has 3 aliphatic rings. The molecule has 0 amide bonds. The molecule has 0 unspecified atom stereocenters. The fourth-order valence-electron chi connectivity index (χ4n) is 3.57. The van der Waals surface area contributed by atoms with E-state index >= 15 is 0 Å². The minimum atomic E-state index is -1.41. The predicted octanol–water partition coefficient (Wildman–Crippen LogP) is 1.09. The zero-order valence-corrected chi connectivity index (χ0v) is 15.4. The molecule has 0 spiro atoms. The second-order valence-electron chi connectivity index (χ2n) is 7.80. The van der Waals surface area contributed by atoms with Crippen LogP contribution < -0.4 is 0 Å². The third-order valence-electron chi connectivity index (χ3n) is 5.18. The van der Waals surface area contributed by atoms with E-state index in [-0.39, 0.29) is 23.7 Å². The van der Waals surface area contributed by atoms with Crippen molar-refractivity contribution >= 4 is 17.7 Å². The Balaban J connectivity index is 2.02. The Morgan fingerprint density at radius 1 is 1.42 bits per heavy atom. The molecule has 0 radical (unpaired) electrons. The summed E-state index contributed by atoms with van der Waals surface area (Å²) in [7, 11) is 0. The van der Waals surface area contributed by atoms with Crippen molar-refractivity contribution in [1.82, 2.24) is 0 Å². The average Bonchev–Trinajstić information content (AvgIpc) is 3.29. The average molecular weight is 364 g/mol. The number of epoxide rings is 1. The summed E-state index contributed by atoms with van der Waals surface area (Å²) in [5.41, 5.74) is -0.865. The number of ketones is 1. The van der Waals surface area contributed by atoms with Gasteiger partial charge in [0.15, 0.2) is 5.78 Å². The maximum Gasteiger partial charge on any atom is 0.334 e. The van der Waals surface area contributed by atoms with E-state index in [0.29, 0.717) is 5.57 Å². The number of hydrogen-bond acceptors (Lipinski definition) is 7. The summed E-state index contributed by atoms with van der Waals surface area (Å²) >= 11 is 0.